The van der Waals surface area contributed by atoms with Gasteiger partial charge in [-0.15, -0.1) is 0 Å². The van der Waals surface area contributed by atoms with Crippen molar-refractivity contribution in [2.45, 2.75) is 58.7 Å². The van der Waals surface area contributed by atoms with E-state index in [0.29, 0.717) is 17.9 Å². The molecule has 0 aromatic heterocycles. The molecule has 8 heteroatoms. The SMILES string of the molecule is CSCCC(NC(=O)OC(C)(C)C)C(=O)N(C)C(C(=O)Nc1ccc2ccccc2c1)c1ccc(C)cc1C. The first-order chi connectivity index (χ1) is 18.4. The average Bonchev–Trinajstić information content (AvgIpc) is 2.86. The van der Waals surface area contributed by atoms with Crippen LogP contribution in [-0.2, 0) is 14.3 Å². The predicted molar refractivity (Wildman–Crippen MR) is 160 cm³/mol. The molecule has 3 aromatic carbocycles. The zero-order valence-electron chi connectivity index (χ0n) is 23.8. The Morgan fingerprint density at radius 2 is 1.67 bits per heavy atom. The van der Waals surface area contributed by atoms with E-state index in [4.69, 9.17) is 4.74 Å². The van der Waals surface area contributed by atoms with Crippen LogP contribution < -0.4 is 10.6 Å². The quantitative estimate of drug-likeness (QED) is 0.330. The number of anilines is 1. The Morgan fingerprint density at radius 3 is 2.31 bits per heavy atom. The Kier molecular flexibility index (Phi) is 10.0. The summed E-state index contributed by atoms with van der Waals surface area (Å²) in [6.45, 7) is 9.22. The molecule has 2 unspecified atom stereocenters. The van der Waals surface area contributed by atoms with Gasteiger partial charge in [0.05, 0.1) is 0 Å². The summed E-state index contributed by atoms with van der Waals surface area (Å²) in [5, 5.41) is 7.82. The first-order valence-corrected chi connectivity index (χ1v) is 14.4. The number of benzene rings is 3. The number of hydrogen-bond donors (Lipinski definition) is 2. The number of alkyl carbamates (subject to hydrolysis) is 1. The largest absolute Gasteiger partial charge is 0.444 e. The lowest BCUT2D eigenvalue weighted by Gasteiger charge is -2.32. The van der Waals surface area contributed by atoms with E-state index in [1.165, 1.54) is 4.90 Å². The van der Waals surface area contributed by atoms with Crippen LogP contribution in [0.5, 0.6) is 0 Å². The highest BCUT2D eigenvalue weighted by atomic mass is 32.2. The van der Waals surface area contributed by atoms with Gasteiger partial charge in [-0.05, 0) is 87.1 Å². The van der Waals surface area contributed by atoms with Gasteiger partial charge in [-0.25, -0.2) is 4.79 Å². The van der Waals surface area contributed by atoms with Gasteiger partial charge < -0.3 is 20.3 Å². The lowest BCUT2D eigenvalue weighted by atomic mass is 9.96. The summed E-state index contributed by atoms with van der Waals surface area (Å²) in [6.07, 6.45) is 1.67. The van der Waals surface area contributed by atoms with Crippen molar-refractivity contribution in [3.8, 4) is 0 Å². The van der Waals surface area contributed by atoms with Crippen LogP contribution in [0.15, 0.2) is 60.7 Å². The number of rotatable bonds is 9. The minimum Gasteiger partial charge on any atom is -0.444 e. The number of fused-ring (bicyclic) bond motifs is 1. The Bertz CT molecular complexity index is 1330. The summed E-state index contributed by atoms with van der Waals surface area (Å²) in [5.41, 5.74) is 2.61. The number of carbonyl (C=O) groups is 3. The second kappa shape index (κ2) is 13.0. The minimum atomic E-state index is -0.915. The van der Waals surface area contributed by atoms with E-state index in [2.05, 4.69) is 10.6 Å². The zero-order chi connectivity index (χ0) is 28.7. The third-order valence-corrected chi connectivity index (χ3v) is 6.96. The van der Waals surface area contributed by atoms with Crippen LogP contribution in [0.4, 0.5) is 10.5 Å². The molecule has 2 N–H and O–H groups in total. The van der Waals surface area contributed by atoms with Gasteiger partial charge >= 0.3 is 6.09 Å². The molecule has 208 valence electrons. The minimum absolute atomic E-state index is 0.339. The molecule has 0 aliphatic heterocycles. The van der Waals surface area contributed by atoms with E-state index < -0.39 is 23.8 Å². The van der Waals surface area contributed by atoms with E-state index in [0.717, 1.165) is 27.5 Å². The van der Waals surface area contributed by atoms with Crippen molar-refractivity contribution in [2.24, 2.45) is 0 Å². The van der Waals surface area contributed by atoms with Crippen LogP contribution in [0.25, 0.3) is 10.8 Å². The fourth-order valence-corrected chi connectivity index (χ4v) is 4.92. The molecule has 0 aliphatic carbocycles. The molecule has 0 spiro atoms. The smallest absolute Gasteiger partial charge is 0.408 e. The van der Waals surface area contributed by atoms with Gasteiger partial charge in [-0.1, -0.05) is 54.1 Å². The van der Waals surface area contributed by atoms with Crippen molar-refractivity contribution in [2.75, 3.05) is 24.4 Å². The molecule has 0 saturated heterocycles. The van der Waals surface area contributed by atoms with E-state index in [1.54, 1.807) is 39.6 Å². The molecule has 0 heterocycles. The molecule has 0 saturated carbocycles. The van der Waals surface area contributed by atoms with Crippen LogP contribution in [0.2, 0.25) is 0 Å². The van der Waals surface area contributed by atoms with Crippen LogP contribution in [-0.4, -0.2) is 53.5 Å². The van der Waals surface area contributed by atoms with Gasteiger partial charge in [0.15, 0.2) is 0 Å². The third-order valence-electron chi connectivity index (χ3n) is 6.32. The maximum Gasteiger partial charge on any atom is 0.408 e. The Morgan fingerprint density at radius 1 is 0.974 bits per heavy atom. The number of thioether (sulfide) groups is 1. The molecule has 0 radical (unpaired) electrons. The summed E-state index contributed by atoms with van der Waals surface area (Å²) in [7, 11) is 1.61. The molecular formula is C31H39N3O4S. The third kappa shape index (κ3) is 8.23. The summed E-state index contributed by atoms with van der Waals surface area (Å²) in [5.74, 6) is -0.0557. The topological polar surface area (TPSA) is 87.7 Å². The molecule has 2 atom stereocenters. The van der Waals surface area contributed by atoms with E-state index in [1.807, 2.05) is 80.8 Å². The highest BCUT2D eigenvalue weighted by Crippen LogP contribution is 2.28. The van der Waals surface area contributed by atoms with Crippen molar-refractivity contribution in [3.05, 3.63) is 77.4 Å². The molecule has 0 fully saturated rings. The summed E-state index contributed by atoms with van der Waals surface area (Å²) in [4.78, 5) is 41.7. The molecule has 3 amide bonds. The number of amides is 3. The fraction of sp³-hybridized carbons (Fsp3) is 0.387. The monoisotopic (exact) mass is 549 g/mol. The van der Waals surface area contributed by atoms with Crippen molar-refractivity contribution in [1.29, 1.82) is 0 Å². The summed E-state index contributed by atoms with van der Waals surface area (Å²) in [6, 6.07) is 17.7. The van der Waals surface area contributed by atoms with Crippen LogP contribution in [0.3, 0.4) is 0 Å². The number of hydrogen-bond acceptors (Lipinski definition) is 5. The van der Waals surface area contributed by atoms with Gasteiger partial charge in [0.1, 0.15) is 17.7 Å². The molecule has 3 aromatic rings. The second-order valence-corrected chi connectivity index (χ2v) is 11.7. The highest BCUT2D eigenvalue weighted by molar-refractivity contribution is 7.98. The first-order valence-electron chi connectivity index (χ1n) is 13.0. The second-order valence-electron chi connectivity index (χ2n) is 10.7. The van der Waals surface area contributed by atoms with Crippen LogP contribution in [0.1, 0.15) is 49.9 Å². The molecule has 0 bridgehead atoms. The first kappa shape index (κ1) is 30.0. The normalized spacial score (nSPS) is 12.9. The summed E-state index contributed by atoms with van der Waals surface area (Å²) >= 11 is 1.57. The lowest BCUT2D eigenvalue weighted by Crippen LogP contribution is -2.51. The van der Waals surface area contributed by atoms with Gasteiger partial charge in [0, 0.05) is 12.7 Å². The highest BCUT2D eigenvalue weighted by Gasteiger charge is 2.34. The molecule has 3 rings (SSSR count). The number of aryl methyl sites for hydroxylation is 2. The molecule has 0 aliphatic rings. The van der Waals surface area contributed by atoms with E-state index in [9.17, 15) is 14.4 Å². The Labute approximate surface area is 235 Å². The van der Waals surface area contributed by atoms with E-state index in [-0.39, 0.29) is 11.8 Å². The van der Waals surface area contributed by atoms with Crippen molar-refractivity contribution in [3.63, 3.8) is 0 Å². The average molecular weight is 550 g/mol. The van der Waals surface area contributed by atoms with Crippen molar-refractivity contribution >= 4 is 46.1 Å². The number of ether oxygens (including phenoxy) is 1. The summed E-state index contributed by atoms with van der Waals surface area (Å²) < 4.78 is 5.41. The molecular weight excluding hydrogens is 510 g/mol. The van der Waals surface area contributed by atoms with Crippen LogP contribution in [0, 0.1) is 13.8 Å². The van der Waals surface area contributed by atoms with Crippen molar-refractivity contribution < 1.29 is 19.1 Å². The number of likely N-dealkylation sites (N-methyl/N-ethyl adjacent to an activating group) is 1. The van der Waals surface area contributed by atoms with Gasteiger partial charge in [0.25, 0.3) is 5.91 Å². The van der Waals surface area contributed by atoms with Gasteiger partial charge in [-0.3, -0.25) is 9.59 Å². The predicted octanol–water partition coefficient (Wildman–Crippen LogP) is 6.24. The van der Waals surface area contributed by atoms with Crippen LogP contribution >= 0.6 is 11.8 Å². The molecule has 39 heavy (non-hydrogen) atoms. The standard InChI is InChI=1S/C31H39N3O4S/c1-20-12-15-25(21(2)18-20)27(28(35)32-24-14-13-22-10-8-9-11-23(22)19-24)34(6)29(36)26(16-17-39-7)33-30(37)38-31(3,4)5/h8-15,18-19,26-27H,16-17H2,1-7H3,(H,32,35)(H,33,37). The Balaban J connectivity index is 1.94. The van der Waals surface area contributed by atoms with Crippen molar-refractivity contribution in [1.82, 2.24) is 10.2 Å². The maximum atomic E-state index is 13.9. The lowest BCUT2D eigenvalue weighted by molar-refractivity contribution is -0.139. The maximum absolute atomic E-state index is 13.9. The Hall–Kier alpha value is -3.52. The molecule has 7 nitrogen and oxygen atoms in total. The zero-order valence-corrected chi connectivity index (χ0v) is 24.6. The number of nitrogens with one attached hydrogen (secondary N) is 2. The number of nitrogens with zero attached hydrogens (tertiary/aromatic N) is 1. The number of carbonyl (C=O) groups excluding carboxylic acids is 3. The van der Waals surface area contributed by atoms with E-state index >= 15 is 0 Å². The van der Waals surface area contributed by atoms with Gasteiger partial charge in [-0.2, -0.15) is 11.8 Å². The van der Waals surface area contributed by atoms with Gasteiger partial charge in [0.2, 0.25) is 5.91 Å². The fourth-order valence-electron chi connectivity index (χ4n) is 4.45.